The minimum absolute atomic E-state index is 0.749. The van der Waals surface area contributed by atoms with Crippen LogP contribution >= 0.6 is 0 Å². The van der Waals surface area contributed by atoms with Gasteiger partial charge in [0.05, 0.1) is 12.7 Å². The molecule has 3 N–H and O–H groups in total. The number of nitriles is 1. The van der Waals surface area contributed by atoms with E-state index in [-0.39, 0.29) is 0 Å². The summed E-state index contributed by atoms with van der Waals surface area (Å²) in [4.78, 5) is 0. The van der Waals surface area contributed by atoms with E-state index in [4.69, 9.17) is 20.6 Å². The van der Waals surface area contributed by atoms with Crippen molar-refractivity contribution in [2.24, 2.45) is 0 Å². The number of aliphatic hydroxyl groups excluding tert-OH is 2. The Bertz CT molecular complexity index is 129. The van der Waals surface area contributed by atoms with Crippen LogP contribution in [0.5, 0.6) is 0 Å². The lowest BCUT2D eigenvalue weighted by molar-refractivity contribution is -0.0568. The second-order valence-corrected chi connectivity index (χ2v) is 1.87. The molecule has 0 amide bonds. The lowest BCUT2D eigenvalue weighted by Gasteiger charge is -2.19. The first-order valence-electron chi connectivity index (χ1n) is 2.49. The second kappa shape index (κ2) is 2.78. The molecule has 52 valence electrons. The Morgan fingerprint density at radius 1 is 1.78 bits per heavy atom. The van der Waals surface area contributed by atoms with Crippen molar-refractivity contribution in [3.05, 3.63) is 0 Å². The Balaban J connectivity index is 4.14. The van der Waals surface area contributed by atoms with E-state index in [2.05, 4.69) is 0 Å². The van der Waals surface area contributed by atoms with Gasteiger partial charge in [-0.15, -0.1) is 0 Å². The predicted octanol–water partition coefficient (Wildman–Crippen LogP) is -1.39. The smallest absolute Gasteiger partial charge is 0.199 e. The van der Waals surface area contributed by atoms with Crippen molar-refractivity contribution in [2.75, 3.05) is 6.61 Å². The average Bonchev–Trinajstić information content (AvgIpc) is 1.86. The number of hydrogen-bond donors (Lipinski definition) is 3. The molecule has 4 nitrogen and oxygen atoms in total. The SMILES string of the molecule is CC(O)C(O)(C#N)CO. The zero-order valence-electron chi connectivity index (χ0n) is 5.07. The van der Waals surface area contributed by atoms with E-state index in [0.29, 0.717) is 0 Å². The number of nitrogens with zero attached hydrogens (tertiary/aromatic N) is 1. The summed E-state index contributed by atoms with van der Waals surface area (Å²) >= 11 is 0. The van der Waals surface area contributed by atoms with E-state index >= 15 is 0 Å². The summed E-state index contributed by atoms with van der Waals surface area (Å²) in [6, 6.07) is 1.38. The maximum absolute atomic E-state index is 8.84. The molecule has 0 aromatic rings. The van der Waals surface area contributed by atoms with Gasteiger partial charge in [0.25, 0.3) is 0 Å². The van der Waals surface area contributed by atoms with Crippen LogP contribution in [0.4, 0.5) is 0 Å². The lowest BCUT2D eigenvalue weighted by Crippen LogP contribution is -2.42. The van der Waals surface area contributed by atoms with Gasteiger partial charge >= 0.3 is 0 Å². The molecule has 0 aromatic heterocycles. The minimum Gasteiger partial charge on any atom is -0.392 e. The van der Waals surface area contributed by atoms with Crippen LogP contribution in [0, 0.1) is 11.3 Å². The molecular formula is C5H9NO3. The highest BCUT2D eigenvalue weighted by Gasteiger charge is 2.31. The van der Waals surface area contributed by atoms with Gasteiger partial charge in [0.1, 0.15) is 6.07 Å². The molecule has 0 bridgehead atoms. The second-order valence-electron chi connectivity index (χ2n) is 1.87. The monoisotopic (exact) mass is 131 g/mol. The van der Waals surface area contributed by atoms with Crippen LogP contribution in [0.15, 0.2) is 0 Å². The van der Waals surface area contributed by atoms with Crippen molar-refractivity contribution in [2.45, 2.75) is 18.6 Å². The minimum atomic E-state index is -2.00. The maximum atomic E-state index is 8.84. The molecule has 0 rings (SSSR count). The summed E-state index contributed by atoms with van der Waals surface area (Å²) in [5.74, 6) is 0. The molecule has 0 saturated heterocycles. The highest BCUT2D eigenvalue weighted by molar-refractivity contribution is 5.03. The summed E-state index contributed by atoms with van der Waals surface area (Å²) in [5, 5.41) is 33.9. The molecule has 0 heterocycles. The summed E-state index contributed by atoms with van der Waals surface area (Å²) < 4.78 is 0. The van der Waals surface area contributed by atoms with E-state index in [1.54, 1.807) is 0 Å². The molecule has 0 radical (unpaired) electrons. The number of hydrogen-bond acceptors (Lipinski definition) is 4. The Kier molecular flexibility index (Phi) is 2.59. The summed E-state index contributed by atoms with van der Waals surface area (Å²) in [5.41, 5.74) is -2.00. The summed E-state index contributed by atoms with van der Waals surface area (Å²) in [6.45, 7) is 0.487. The van der Waals surface area contributed by atoms with Crippen LogP contribution < -0.4 is 0 Å². The summed E-state index contributed by atoms with van der Waals surface area (Å²) in [6.07, 6.45) is -1.23. The van der Waals surface area contributed by atoms with Crippen molar-refractivity contribution in [1.82, 2.24) is 0 Å². The van der Waals surface area contributed by atoms with Crippen LogP contribution in [0.2, 0.25) is 0 Å². The van der Waals surface area contributed by atoms with Gasteiger partial charge in [0.2, 0.25) is 0 Å². The van der Waals surface area contributed by atoms with Crippen molar-refractivity contribution in [1.29, 1.82) is 5.26 Å². The van der Waals surface area contributed by atoms with Crippen molar-refractivity contribution >= 4 is 0 Å². The quantitative estimate of drug-likeness (QED) is 0.403. The van der Waals surface area contributed by atoms with Crippen LogP contribution in [-0.2, 0) is 0 Å². The van der Waals surface area contributed by atoms with E-state index in [1.807, 2.05) is 0 Å². The van der Waals surface area contributed by atoms with Gasteiger partial charge < -0.3 is 15.3 Å². The molecule has 9 heavy (non-hydrogen) atoms. The molecule has 0 aliphatic carbocycles. The fourth-order valence-corrected chi connectivity index (χ4v) is 0.261. The molecule has 0 fully saturated rings. The molecule has 0 spiro atoms. The molecule has 0 aliphatic rings. The van der Waals surface area contributed by atoms with Crippen LogP contribution in [0.3, 0.4) is 0 Å². The van der Waals surface area contributed by atoms with Crippen LogP contribution in [0.1, 0.15) is 6.92 Å². The molecule has 2 unspecified atom stereocenters. The van der Waals surface area contributed by atoms with Crippen LogP contribution in [-0.4, -0.2) is 33.6 Å². The molecule has 2 atom stereocenters. The Hall–Kier alpha value is -0.630. The zero-order valence-corrected chi connectivity index (χ0v) is 5.07. The first-order valence-corrected chi connectivity index (χ1v) is 2.49. The van der Waals surface area contributed by atoms with E-state index in [1.165, 1.54) is 13.0 Å². The van der Waals surface area contributed by atoms with Gasteiger partial charge in [0, 0.05) is 0 Å². The van der Waals surface area contributed by atoms with Gasteiger partial charge in [0.15, 0.2) is 5.60 Å². The van der Waals surface area contributed by atoms with Gasteiger partial charge in [-0.1, -0.05) is 0 Å². The maximum Gasteiger partial charge on any atom is 0.199 e. The molecule has 4 heteroatoms. The van der Waals surface area contributed by atoms with Crippen molar-refractivity contribution in [3.63, 3.8) is 0 Å². The fraction of sp³-hybridized carbons (Fsp3) is 0.800. The Morgan fingerprint density at radius 2 is 2.22 bits per heavy atom. The number of aliphatic hydroxyl groups is 3. The van der Waals surface area contributed by atoms with Crippen LogP contribution in [0.25, 0.3) is 0 Å². The third-order valence-corrected chi connectivity index (χ3v) is 1.13. The van der Waals surface area contributed by atoms with Gasteiger partial charge in [-0.25, -0.2) is 0 Å². The lowest BCUT2D eigenvalue weighted by atomic mass is 10.0. The average molecular weight is 131 g/mol. The van der Waals surface area contributed by atoms with E-state index in [0.717, 1.165) is 0 Å². The van der Waals surface area contributed by atoms with Gasteiger partial charge in [-0.05, 0) is 6.92 Å². The largest absolute Gasteiger partial charge is 0.392 e. The first kappa shape index (κ1) is 8.37. The summed E-state index contributed by atoms with van der Waals surface area (Å²) in [7, 11) is 0. The molecule has 0 saturated carbocycles. The number of rotatable bonds is 2. The Labute approximate surface area is 53.0 Å². The van der Waals surface area contributed by atoms with Crippen molar-refractivity contribution in [3.8, 4) is 6.07 Å². The van der Waals surface area contributed by atoms with E-state index < -0.39 is 18.3 Å². The third-order valence-electron chi connectivity index (χ3n) is 1.13. The molecule has 0 aromatic carbocycles. The van der Waals surface area contributed by atoms with Gasteiger partial charge in [-0.2, -0.15) is 5.26 Å². The zero-order chi connectivity index (χ0) is 7.49. The van der Waals surface area contributed by atoms with E-state index in [9.17, 15) is 0 Å². The van der Waals surface area contributed by atoms with Crippen molar-refractivity contribution < 1.29 is 15.3 Å². The highest BCUT2D eigenvalue weighted by Crippen LogP contribution is 2.06. The standard InChI is InChI=1S/C5H9NO3/c1-4(8)5(9,2-6)3-7/h4,7-9H,3H2,1H3. The Morgan fingerprint density at radius 3 is 2.22 bits per heavy atom. The fourth-order valence-electron chi connectivity index (χ4n) is 0.261. The highest BCUT2D eigenvalue weighted by atomic mass is 16.4. The molecular weight excluding hydrogens is 122 g/mol. The molecule has 0 aliphatic heterocycles. The third kappa shape index (κ3) is 1.64. The normalized spacial score (nSPS) is 19.9. The van der Waals surface area contributed by atoms with Gasteiger partial charge in [-0.3, -0.25) is 0 Å². The topological polar surface area (TPSA) is 84.5 Å². The first-order chi connectivity index (χ1) is 4.06. The predicted molar refractivity (Wildman–Crippen MR) is 29.3 cm³/mol.